The van der Waals surface area contributed by atoms with Gasteiger partial charge in [0.2, 0.25) is 0 Å². The van der Waals surface area contributed by atoms with Crippen molar-refractivity contribution in [3.05, 3.63) is 17.3 Å². The predicted octanol–water partition coefficient (Wildman–Crippen LogP) is 2.51. The van der Waals surface area contributed by atoms with Gasteiger partial charge in [-0.05, 0) is 18.3 Å². The average molecular weight is 265 g/mol. The quantitative estimate of drug-likeness (QED) is 0.907. The number of hydrogen-bond donors (Lipinski definition) is 1. The van der Waals surface area contributed by atoms with E-state index in [1.54, 1.807) is 11.3 Å². The molecule has 98 valence electrons. The Morgan fingerprint density at radius 1 is 1.39 bits per heavy atom. The molecule has 0 bridgehead atoms. The van der Waals surface area contributed by atoms with E-state index in [4.69, 9.17) is 0 Å². The summed E-state index contributed by atoms with van der Waals surface area (Å²) in [5.74, 6) is 0.972. The van der Waals surface area contributed by atoms with Crippen LogP contribution in [0.4, 0.5) is 5.82 Å². The van der Waals surface area contributed by atoms with Gasteiger partial charge in [-0.1, -0.05) is 13.8 Å². The van der Waals surface area contributed by atoms with E-state index in [2.05, 4.69) is 23.7 Å². The summed E-state index contributed by atoms with van der Waals surface area (Å²) in [6.07, 6.45) is 4.35. The number of aliphatic hydroxyl groups excluding tert-OH is 1. The summed E-state index contributed by atoms with van der Waals surface area (Å²) in [5, 5.41) is 11.6. The Morgan fingerprint density at radius 3 is 2.78 bits per heavy atom. The van der Waals surface area contributed by atoms with Crippen LogP contribution in [0.3, 0.4) is 0 Å². The molecule has 0 aromatic carbocycles. The van der Waals surface area contributed by atoms with Crippen molar-refractivity contribution in [3.8, 4) is 0 Å². The molecule has 3 rings (SSSR count). The van der Waals surface area contributed by atoms with E-state index in [1.165, 1.54) is 12.8 Å². The molecular weight excluding hydrogens is 246 g/mol. The molecule has 0 amide bonds. The Labute approximate surface area is 111 Å². The number of thiazole rings is 1. The number of aromatic nitrogens is 2. The molecule has 3 heterocycles. The monoisotopic (exact) mass is 265 g/mol. The van der Waals surface area contributed by atoms with Gasteiger partial charge in [0.05, 0.1) is 12.3 Å². The summed E-state index contributed by atoms with van der Waals surface area (Å²) in [6, 6.07) is 0. The maximum atomic E-state index is 9.57. The minimum atomic E-state index is 0.0487. The third-order valence-corrected chi connectivity index (χ3v) is 4.66. The van der Waals surface area contributed by atoms with Crippen molar-refractivity contribution >= 4 is 22.1 Å². The van der Waals surface area contributed by atoms with Crippen molar-refractivity contribution in [2.45, 2.75) is 33.3 Å². The maximum absolute atomic E-state index is 9.57. The first-order chi connectivity index (χ1) is 8.61. The van der Waals surface area contributed by atoms with E-state index in [1.807, 2.05) is 16.0 Å². The highest BCUT2D eigenvalue weighted by Gasteiger charge is 2.28. The summed E-state index contributed by atoms with van der Waals surface area (Å²) in [4.78, 5) is 7.95. The lowest BCUT2D eigenvalue weighted by atomic mass is 9.83. The Balaban J connectivity index is 1.92. The Hall–Kier alpha value is -1.07. The molecule has 0 aliphatic carbocycles. The van der Waals surface area contributed by atoms with Crippen LogP contribution in [0.1, 0.15) is 32.4 Å². The van der Waals surface area contributed by atoms with Gasteiger partial charge in [0.1, 0.15) is 0 Å². The minimum Gasteiger partial charge on any atom is -0.390 e. The molecule has 0 radical (unpaired) electrons. The second kappa shape index (κ2) is 4.24. The van der Waals surface area contributed by atoms with Crippen LogP contribution in [0.15, 0.2) is 11.6 Å². The van der Waals surface area contributed by atoms with Gasteiger partial charge in [-0.3, -0.25) is 4.40 Å². The van der Waals surface area contributed by atoms with E-state index in [0.29, 0.717) is 5.41 Å². The van der Waals surface area contributed by atoms with Crippen molar-refractivity contribution in [2.24, 2.45) is 5.41 Å². The topological polar surface area (TPSA) is 40.8 Å². The Bertz CT molecular complexity index is 548. The summed E-state index contributed by atoms with van der Waals surface area (Å²) in [6.45, 7) is 6.76. The number of fused-ring (bicyclic) bond motifs is 1. The summed E-state index contributed by atoms with van der Waals surface area (Å²) < 4.78 is 2.00. The summed E-state index contributed by atoms with van der Waals surface area (Å²) >= 11 is 1.62. The predicted molar refractivity (Wildman–Crippen MR) is 74.2 cm³/mol. The first kappa shape index (κ1) is 12.0. The number of nitrogens with zero attached hydrogens (tertiary/aromatic N) is 3. The normalized spacial score (nSPS) is 19.6. The van der Waals surface area contributed by atoms with Crippen molar-refractivity contribution in [1.29, 1.82) is 0 Å². The zero-order valence-electron chi connectivity index (χ0n) is 10.9. The summed E-state index contributed by atoms with van der Waals surface area (Å²) in [7, 11) is 0. The van der Waals surface area contributed by atoms with E-state index < -0.39 is 0 Å². The lowest BCUT2D eigenvalue weighted by Gasteiger charge is -2.37. The average Bonchev–Trinajstić information content (AvgIpc) is 2.88. The molecule has 4 nitrogen and oxygen atoms in total. The highest BCUT2D eigenvalue weighted by molar-refractivity contribution is 7.15. The first-order valence-electron chi connectivity index (χ1n) is 6.41. The molecular formula is C13H19N3OS. The standard InChI is InChI=1S/C13H19N3OS/c1-13(2)3-5-15(6-4-13)11-10(9-17)16-7-8-18-12(16)14-11/h7-8,17H,3-6,9H2,1-2H3. The molecule has 1 aliphatic rings. The second-order valence-corrected chi connectivity index (χ2v) is 6.62. The van der Waals surface area contributed by atoms with E-state index in [0.717, 1.165) is 29.6 Å². The second-order valence-electron chi connectivity index (χ2n) is 5.75. The van der Waals surface area contributed by atoms with Crippen LogP contribution in [0.25, 0.3) is 4.96 Å². The van der Waals surface area contributed by atoms with Crippen molar-refractivity contribution in [3.63, 3.8) is 0 Å². The molecule has 1 saturated heterocycles. The highest BCUT2D eigenvalue weighted by Crippen LogP contribution is 2.33. The lowest BCUT2D eigenvalue weighted by Crippen LogP contribution is -2.38. The van der Waals surface area contributed by atoms with Crippen LogP contribution in [-0.2, 0) is 6.61 Å². The Kier molecular flexibility index (Phi) is 2.83. The minimum absolute atomic E-state index is 0.0487. The number of piperidine rings is 1. The zero-order valence-corrected chi connectivity index (χ0v) is 11.7. The van der Waals surface area contributed by atoms with Gasteiger partial charge in [-0.2, -0.15) is 0 Å². The fraction of sp³-hybridized carbons (Fsp3) is 0.615. The van der Waals surface area contributed by atoms with Gasteiger partial charge in [0.25, 0.3) is 0 Å². The molecule has 1 aliphatic heterocycles. The van der Waals surface area contributed by atoms with Gasteiger partial charge in [-0.25, -0.2) is 4.98 Å². The van der Waals surface area contributed by atoms with Gasteiger partial charge in [0, 0.05) is 24.7 Å². The SMILES string of the molecule is CC1(C)CCN(c2nc3sccn3c2CO)CC1. The van der Waals surface area contributed by atoms with Gasteiger partial charge >= 0.3 is 0 Å². The number of hydrogen-bond acceptors (Lipinski definition) is 4. The van der Waals surface area contributed by atoms with E-state index >= 15 is 0 Å². The molecule has 0 spiro atoms. The number of anilines is 1. The summed E-state index contributed by atoms with van der Waals surface area (Å²) in [5.41, 5.74) is 1.36. The molecule has 1 fully saturated rings. The molecule has 0 unspecified atom stereocenters. The zero-order chi connectivity index (χ0) is 12.8. The van der Waals surface area contributed by atoms with Gasteiger partial charge in [0.15, 0.2) is 10.8 Å². The smallest absolute Gasteiger partial charge is 0.195 e. The van der Waals surface area contributed by atoms with Crippen molar-refractivity contribution < 1.29 is 5.11 Å². The molecule has 0 saturated carbocycles. The third-order valence-electron chi connectivity index (χ3n) is 3.91. The van der Waals surface area contributed by atoms with Gasteiger partial charge < -0.3 is 10.0 Å². The van der Waals surface area contributed by atoms with Crippen LogP contribution in [-0.4, -0.2) is 27.6 Å². The van der Waals surface area contributed by atoms with E-state index in [-0.39, 0.29) is 6.61 Å². The number of imidazole rings is 1. The van der Waals surface area contributed by atoms with Crippen LogP contribution < -0.4 is 4.90 Å². The number of aliphatic hydroxyl groups is 1. The third kappa shape index (κ3) is 1.91. The molecule has 0 atom stereocenters. The Morgan fingerprint density at radius 2 is 2.11 bits per heavy atom. The van der Waals surface area contributed by atoms with Crippen LogP contribution in [0.2, 0.25) is 0 Å². The van der Waals surface area contributed by atoms with E-state index in [9.17, 15) is 5.11 Å². The van der Waals surface area contributed by atoms with Crippen LogP contribution in [0, 0.1) is 5.41 Å². The molecule has 1 N–H and O–H groups in total. The van der Waals surface area contributed by atoms with Gasteiger partial charge in [-0.15, -0.1) is 11.3 Å². The van der Waals surface area contributed by atoms with Crippen LogP contribution >= 0.6 is 11.3 Å². The fourth-order valence-corrected chi connectivity index (χ4v) is 3.27. The lowest BCUT2D eigenvalue weighted by molar-refractivity contribution is 0.269. The molecule has 5 heteroatoms. The maximum Gasteiger partial charge on any atom is 0.195 e. The molecule has 18 heavy (non-hydrogen) atoms. The first-order valence-corrected chi connectivity index (χ1v) is 7.29. The van der Waals surface area contributed by atoms with Crippen molar-refractivity contribution in [2.75, 3.05) is 18.0 Å². The number of rotatable bonds is 2. The molecule has 2 aromatic heterocycles. The largest absolute Gasteiger partial charge is 0.390 e. The molecule has 2 aromatic rings. The van der Waals surface area contributed by atoms with Crippen LogP contribution in [0.5, 0.6) is 0 Å². The van der Waals surface area contributed by atoms with Crippen molar-refractivity contribution in [1.82, 2.24) is 9.38 Å². The fourth-order valence-electron chi connectivity index (χ4n) is 2.55. The highest BCUT2D eigenvalue weighted by atomic mass is 32.1.